The van der Waals surface area contributed by atoms with Crippen molar-refractivity contribution in [2.24, 2.45) is 17.3 Å². The Morgan fingerprint density at radius 2 is 1.56 bits per heavy atom. The van der Waals surface area contributed by atoms with Gasteiger partial charge in [0.15, 0.2) is 0 Å². The van der Waals surface area contributed by atoms with E-state index in [1.54, 1.807) is 0 Å². The molecule has 0 atom stereocenters. The minimum Gasteiger partial charge on any atom is -0.481 e. The molecule has 94 valence electrons. The predicted octanol–water partition coefficient (Wildman–Crippen LogP) is 2.62. The smallest absolute Gasteiger partial charge is 0.309 e. The summed E-state index contributed by atoms with van der Waals surface area (Å²) in [6.07, 6.45) is 2.03. The molecule has 0 aliphatic heterocycles. The summed E-state index contributed by atoms with van der Waals surface area (Å²) in [6.45, 7) is 7.71. The van der Waals surface area contributed by atoms with Gasteiger partial charge in [-0.25, -0.2) is 0 Å². The molecule has 0 bridgehead atoms. The molecule has 1 saturated carbocycles. The third-order valence-corrected chi connectivity index (χ3v) is 2.90. The van der Waals surface area contributed by atoms with E-state index in [1.807, 2.05) is 27.7 Å². The van der Waals surface area contributed by atoms with Crippen LogP contribution in [-0.4, -0.2) is 22.2 Å². The lowest BCUT2D eigenvalue weighted by molar-refractivity contribution is -0.145. The number of carboxylic acids is 2. The zero-order chi connectivity index (χ0) is 12.9. The Morgan fingerprint density at radius 1 is 1.12 bits per heavy atom. The normalized spacial score (nSPS) is 16.6. The Hall–Kier alpha value is -1.06. The number of hydrogen-bond donors (Lipinski definition) is 2. The monoisotopic (exact) mass is 230 g/mol. The SMILES string of the molecule is CC(C)C1(C(=O)O)CC1.CC(C)CC(=O)O. The van der Waals surface area contributed by atoms with E-state index in [2.05, 4.69) is 0 Å². The van der Waals surface area contributed by atoms with Gasteiger partial charge in [0.2, 0.25) is 0 Å². The van der Waals surface area contributed by atoms with Crippen molar-refractivity contribution in [1.82, 2.24) is 0 Å². The summed E-state index contributed by atoms with van der Waals surface area (Å²) in [5, 5.41) is 16.8. The van der Waals surface area contributed by atoms with E-state index < -0.39 is 11.9 Å². The van der Waals surface area contributed by atoms with E-state index >= 15 is 0 Å². The van der Waals surface area contributed by atoms with Crippen molar-refractivity contribution in [2.45, 2.75) is 47.0 Å². The maximum absolute atomic E-state index is 10.5. The topological polar surface area (TPSA) is 74.6 Å². The molecule has 0 aromatic heterocycles. The van der Waals surface area contributed by atoms with Crippen molar-refractivity contribution in [3.63, 3.8) is 0 Å². The highest BCUT2D eigenvalue weighted by Crippen LogP contribution is 2.51. The first-order chi connectivity index (χ1) is 7.22. The van der Waals surface area contributed by atoms with Gasteiger partial charge in [-0.15, -0.1) is 0 Å². The van der Waals surface area contributed by atoms with Gasteiger partial charge in [-0.05, 0) is 24.7 Å². The molecule has 0 unspecified atom stereocenters. The molecule has 4 nitrogen and oxygen atoms in total. The number of carbonyl (C=O) groups is 2. The van der Waals surface area contributed by atoms with Crippen LogP contribution in [0.3, 0.4) is 0 Å². The molecular formula is C12H22O4. The molecule has 1 aliphatic carbocycles. The average Bonchev–Trinajstić information content (AvgIpc) is 2.80. The van der Waals surface area contributed by atoms with Crippen LogP contribution in [0.25, 0.3) is 0 Å². The number of carboxylic acid groups (broad SMARTS) is 2. The van der Waals surface area contributed by atoms with Crippen molar-refractivity contribution < 1.29 is 19.8 Å². The molecule has 0 spiro atoms. The van der Waals surface area contributed by atoms with Crippen molar-refractivity contribution in [2.75, 3.05) is 0 Å². The van der Waals surface area contributed by atoms with E-state index in [1.165, 1.54) is 0 Å². The van der Waals surface area contributed by atoms with Crippen LogP contribution in [0.5, 0.6) is 0 Å². The van der Waals surface area contributed by atoms with Crippen molar-refractivity contribution in [1.29, 1.82) is 0 Å². The van der Waals surface area contributed by atoms with Gasteiger partial charge >= 0.3 is 11.9 Å². The lowest BCUT2D eigenvalue weighted by Gasteiger charge is -2.12. The third-order valence-electron chi connectivity index (χ3n) is 2.90. The van der Waals surface area contributed by atoms with Crippen molar-refractivity contribution in [3.8, 4) is 0 Å². The summed E-state index contributed by atoms with van der Waals surface area (Å²) < 4.78 is 0. The number of aliphatic carboxylic acids is 2. The standard InChI is InChI=1S/C7H12O2.C5H10O2/c1-5(2)7(3-4-7)6(8)9;1-4(2)3-5(6)7/h5H,3-4H2,1-2H3,(H,8,9);4H,3H2,1-2H3,(H,6,7). The van der Waals surface area contributed by atoms with Gasteiger partial charge in [0.25, 0.3) is 0 Å². The van der Waals surface area contributed by atoms with Crippen LogP contribution in [0, 0.1) is 17.3 Å². The first-order valence-corrected chi connectivity index (χ1v) is 5.67. The first-order valence-electron chi connectivity index (χ1n) is 5.67. The Kier molecular flexibility index (Phi) is 5.48. The van der Waals surface area contributed by atoms with E-state index in [0.717, 1.165) is 12.8 Å². The Labute approximate surface area is 96.7 Å². The lowest BCUT2D eigenvalue weighted by atomic mass is 9.93. The zero-order valence-corrected chi connectivity index (χ0v) is 10.5. The molecule has 0 saturated heterocycles. The molecule has 2 N–H and O–H groups in total. The Morgan fingerprint density at radius 3 is 1.56 bits per heavy atom. The summed E-state index contributed by atoms with van der Waals surface area (Å²) in [5.74, 6) is -0.750. The largest absolute Gasteiger partial charge is 0.481 e. The van der Waals surface area contributed by atoms with E-state index in [0.29, 0.717) is 5.92 Å². The highest BCUT2D eigenvalue weighted by molar-refractivity contribution is 5.78. The van der Waals surface area contributed by atoms with Gasteiger partial charge in [-0.3, -0.25) is 9.59 Å². The molecule has 0 amide bonds. The predicted molar refractivity (Wildman–Crippen MR) is 61.2 cm³/mol. The molecule has 0 radical (unpaired) electrons. The van der Waals surface area contributed by atoms with Crippen molar-refractivity contribution >= 4 is 11.9 Å². The molecule has 0 heterocycles. The summed E-state index contributed by atoms with van der Waals surface area (Å²) in [7, 11) is 0. The molecule has 4 heteroatoms. The van der Waals surface area contributed by atoms with E-state index in [-0.39, 0.29) is 17.8 Å². The van der Waals surface area contributed by atoms with Gasteiger partial charge < -0.3 is 10.2 Å². The van der Waals surface area contributed by atoms with E-state index in [9.17, 15) is 9.59 Å². The fourth-order valence-corrected chi connectivity index (χ4v) is 1.52. The van der Waals surface area contributed by atoms with Crippen LogP contribution < -0.4 is 0 Å². The highest BCUT2D eigenvalue weighted by atomic mass is 16.4. The molecule has 0 aromatic rings. The number of rotatable bonds is 4. The second-order valence-electron chi connectivity index (χ2n) is 5.11. The summed E-state index contributed by atoms with van der Waals surface area (Å²) in [6, 6.07) is 0. The van der Waals surface area contributed by atoms with Crippen LogP contribution in [-0.2, 0) is 9.59 Å². The molecular weight excluding hydrogens is 208 g/mol. The zero-order valence-electron chi connectivity index (χ0n) is 10.5. The average molecular weight is 230 g/mol. The van der Waals surface area contributed by atoms with Gasteiger partial charge in [0.05, 0.1) is 5.41 Å². The van der Waals surface area contributed by atoms with Crippen LogP contribution in [0.4, 0.5) is 0 Å². The summed E-state index contributed by atoms with van der Waals surface area (Å²) in [4.78, 5) is 20.3. The van der Waals surface area contributed by atoms with Crippen LogP contribution in [0.2, 0.25) is 0 Å². The molecule has 16 heavy (non-hydrogen) atoms. The van der Waals surface area contributed by atoms with Crippen LogP contribution in [0.1, 0.15) is 47.0 Å². The van der Waals surface area contributed by atoms with E-state index in [4.69, 9.17) is 10.2 Å². The quantitative estimate of drug-likeness (QED) is 0.778. The lowest BCUT2D eigenvalue weighted by Crippen LogP contribution is -2.20. The van der Waals surface area contributed by atoms with Crippen LogP contribution >= 0.6 is 0 Å². The fourth-order valence-electron chi connectivity index (χ4n) is 1.52. The Balaban J connectivity index is 0.000000293. The first kappa shape index (κ1) is 14.9. The molecule has 1 rings (SSSR count). The van der Waals surface area contributed by atoms with Gasteiger partial charge in [0.1, 0.15) is 0 Å². The molecule has 1 fully saturated rings. The Bertz CT molecular complexity index is 252. The summed E-state index contributed by atoms with van der Waals surface area (Å²) >= 11 is 0. The second-order valence-corrected chi connectivity index (χ2v) is 5.11. The second kappa shape index (κ2) is 5.87. The maximum atomic E-state index is 10.5. The summed E-state index contributed by atoms with van der Waals surface area (Å²) in [5.41, 5.74) is -0.333. The minimum absolute atomic E-state index is 0.275. The van der Waals surface area contributed by atoms with Crippen LogP contribution in [0.15, 0.2) is 0 Å². The maximum Gasteiger partial charge on any atom is 0.309 e. The highest BCUT2D eigenvalue weighted by Gasteiger charge is 2.52. The van der Waals surface area contributed by atoms with Gasteiger partial charge in [-0.1, -0.05) is 27.7 Å². The van der Waals surface area contributed by atoms with Gasteiger partial charge in [0, 0.05) is 6.42 Å². The molecule has 1 aliphatic rings. The fraction of sp³-hybridized carbons (Fsp3) is 0.833. The third kappa shape index (κ3) is 4.64. The van der Waals surface area contributed by atoms with Crippen molar-refractivity contribution in [3.05, 3.63) is 0 Å². The number of hydrogen-bond acceptors (Lipinski definition) is 2. The van der Waals surface area contributed by atoms with Gasteiger partial charge in [-0.2, -0.15) is 0 Å². The molecule has 0 aromatic carbocycles. The minimum atomic E-state index is -0.713.